The van der Waals surface area contributed by atoms with Gasteiger partial charge >= 0.3 is 0 Å². The topological polar surface area (TPSA) is 40.6 Å². The van der Waals surface area contributed by atoms with Crippen LogP contribution in [0.15, 0.2) is 24.3 Å². The molecule has 122 valence electrons. The largest absolute Gasteiger partial charge is 0.341 e. The number of rotatable bonds is 8. The lowest BCUT2D eigenvalue weighted by molar-refractivity contribution is -0.140. The van der Waals surface area contributed by atoms with Crippen molar-refractivity contribution >= 4 is 11.8 Å². The number of nitrogens with zero attached hydrogens (tertiary/aromatic N) is 2. The van der Waals surface area contributed by atoms with E-state index in [1.807, 2.05) is 36.1 Å². The minimum absolute atomic E-state index is 0.0347. The van der Waals surface area contributed by atoms with Crippen molar-refractivity contribution < 1.29 is 9.59 Å². The summed E-state index contributed by atoms with van der Waals surface area (Å²) in [5.74, 6) is -0.0305. The van der Waals surface area contributed by atoms with Gasteiger partial charge in [-0.15, -0.1) is 0 Å². The van der Waals surface area contributed by atoms with Crippen LogP contribution in [0.5, 0.6) is 0 Å². The maximum absolute atomic E-state index is 12.4. The number of carbonyl (C=O) groups excluding carboxylic acids is 2. The Bertz CT molecular complexity index is 494. The summed E-state index contributed by atoms with van der Waals surface area (Å²) >= 11 is 0. The summed E-state index contributed by atoms with van der Waals surface area (Å²) < 4.78 is 0. The van der Waals surface area contributed by atoms with Gasteiger partial charge in [0.15, 0.2) is 0 Å². The summed E-state index contributed by atoms with van der Waals surface area (Å²) in [7, 11) is 0. The van der Waals surface area contributed by atoms with Crippen molar-refractivity contribution in [1.82, 2.24) is 9.80 Å². The van der Waals surface area contributed by atoms with Crippen LogP contribution >= 0.6 is 0 Å². The summed E-state index contributed by atoms with van der Waals surface area (Å²) in [5.41, 5.74) is 2.23. The van der Waals surface area contributed by atoms with Gasteiger partial charge in [-0.2, -0.15) is 0 Å². The van der Waals surface area contributed by atoms with Gasteiger partial charge in [-0.05, 0) is 30.9 Å². The molecular weight excluding hydrogens is 276 g/mol. The first-order valence-electron chi connectivity index (χ1n) is 8.07. The summed E-state index contributed by atoms with van der Waals surface area (Å²) in [6, 6.07) is 7.97. The van der Waals surface area contributed by atoms with E-state index in [-0.39, 0.29) is 18.4 Å². The zero-order chi connectivity index (χ0) is 16.5. The van der Waals surface area contributed by atoms with Crippen molar-refractivity contribution in [1.29, 1.82) is 0 Å². The highest BCUT2D eigenvalue weighted by Gasteiger charge is 2.19. The van der Waals surface area contributed by atoms with E-state index in [1.54, 1.807) is 4.90 Å². The second-order valence-corrected chi connectivity index (χ2v) is 5.68. The van der Waals surface area contributed by atoms with Gasteiger partial charge in [-0.25, -0.2) is 0 Å². The van der Waals surface area contributed by atoms with Crippen LogP contribution in [0.25, 0.3) is 0 Å². The van der Waals surface area contributed by atoms with Crippen molar-refractivity contribution in [2.24, 2.45) is 0 Å². The molecule has 0 bridgehead atoms. The molecule has 4 nitrogen and oxygen atoms in total. The lowest BCUT2D eigenvalue weighted by Crippen LogP contribution is -2.42. The molecule has 0 spiro atoms. The molecule has 0 heterocycles. The summed E-state index contributed by atoms with van der Waals surface area (Å²) in [6.45, 7) is 9.82. The molecule has 0 unspecified atom stereocenters. The standard InChI is InChI=1S/C18H28N2O2/c1-5-11-19(12-6-2)18(22)14-20(16(4)21)13-17-10-8-7-9-15(17)3/h7-10H,5-6,11-14H2,1-4H3. The molecule has 4 heteroatoms. The van der Waals surface area contributed by atoms with E-state index in [1.165, 1.54) is 6.92 Å². The SMILES string of the molecule is CCCN(CCC)C(=O)CN(Cc1ccccc1C)C(C)=O. The smallest absolute Gasteiger partial charge is 0.242 e. The maximum Gasteiger partial charge on any atom is 0.242 e. The second-order valence-electron chi connectivity index (χ2n) is 5.68. The minimum atomic E-state index is -0.0652. The molecule has 1 aromatic carbocycles. The average Bonchev–Trinajstić information content (AvgIpc) is 2.48. The van der Waals surface area contributed by atoms with Crippen LogP contribution in [0.1, 0.15) is 44.7 Å². The Hall–Kier alpha value is -1.84. The maximum atomic E-state index is 12.4. The fourth-order valence-electron chi connectivity index (χ4n) is 2.44. The zero-order valence-electron chi connectivity index (χ0n) is 14.3. The molecule has 0 radical (unpaired) electrons. The van der Waals surface area contributed by atoms with Crippen LogP contribution < -0.4 is 0 Å². The predicted octanol–water partition coefficient (Wildman–Crippen LogP) is 2.99. The van der Waals surface area contributed by atoms with E-state index in [0.717, 1.165) is 37.1 Å². The number of carbonyl (C=O) groups is 2. The van der Waals surface area contributed by atoms with E-state index < -0.39 is 0 Å². The normalized spacial score (nSPS) is 10.4. The molecule has 0 N–H and O–H groups in total. The third-order valence-electron chi connectivity index (χ3n) is 3.73. The number of hydrogen-bond donors (Lipinski definition) is 0. The van der Waals surface area contributed by atoms with Crippen LogP contribution in [0.4, 0.5) is 0 Å². The summed E-state index contributed by atoms with van der Waals surface area (Å²) in [6.07, 6.45) is 1.87. The first-order chi connectivity index (χ1) is 10.5. The van der Waals surface area contributed by atoms with Gasteiger partial charge in [-0.3, -0.25) is 9.59 Å². The Balaban J connectivity index is 2.77. The fraction of sp³-hybridized carbons (Fsp3) is 0.556. The monoisotopic (exact) mass is 304 g/mol. The Labute approximate surface area is 134 Å². The van der Waals surface area contributed by atoms with Gasteiger partial charge in [0.2, 0.25) is 11.8 Å². The summed E-state index contributed by atoms with van der Waals surface area (Å²) in [5, 5.41) is 0. The number of hydrogen-bond acceptors (Lipinski definition) is 2. The highest BCUT2D eigenvalue weighted by molar-refractivity contribution is 5.83. The quantitative estimate of drug-likeness (QED) is 0.741. The van der Waals surface area contributed by atoms with Gasteiger partial charge in [0.1, 0.15) is 6.54 Å². The van der Waals surface area contributed by atoms with Gasteiger partial charge in [-0.1, -0.05) is 38.1 Å². The highest BCUT2D eigenvalue weighted by atomic mass is 16.2. The van der Waals surface area contributed by atoms with E-state index in [2.05, 4.69) is 13.8 Å². The third-order valence-corrected chi connectivity index (χ3v) is 3.73. The van der Waals surface area contributed by atoms with Crippen molar-refractivity contribution in [2.45, 2.75) is 47.1 Å². The van der Waals surface area contributed by atoms with E-state index in [4.69, 9.17) is 0 Å². The summed E-state index contributed by atoms with van der Waals surface area (Å²) in [4.78, 5) is 27.8. The Morgan fingerprint density at radius 2 is 1.59 bits per heavy atom. The minimum Gasteiger partial charge on any atom is -0.341 e. The molecule has 0 aromatic heterocycles. The Kier molecular flexibility index (Phi) is 7.64. The zero-order valence-corrected chi connectivity index (χ0v) is 14.3. The highest BCUT2D eigenvalue weighted by Crippen LogP contribution is 2.11. The fourth-order valence-corrected chi connectivity index (χ4v) is 2.44. The molecule has 0 aliphatic carbocycles. The van der Waals surface area contributed by atoms with Crippen molar-refractivity contribution in [3.05, 3.63) is 35.4 Å². The first kappa shape index (κ1) is 18.2. The van der Waals surface area contributed by atoms with Gasteiger partial charge < -0.3 is 9.80 Å². The lowest BCUT2D eigenvalue weighted by Gasteiger charge is -2.27. The molecule has 22 heavy (non-hydrogen) atoms. The van der Waals surface area contributed by atoms with Crippen LogP contribution in [0.3, 0.4) is 0 Å². The van der Waals surface area contributed by atoms with Crippen LogP contribution in [0.2, 0.25) is 0 Å². The predicted molar refractivity (Wildman–Crippen MR) is 89.4 cm³/mol. The molecule has 0 atom stereocenters. The van der Waals surface area contributed by atoms with Crippen molar-refractivity contribution in [2.75, 3.05) is 19.6 Å². The van der Waals surface area contributed by atoms with E-state index in [9.17, 15) is 9.59 Å². The molecule has 0 aliphatic rings. The Morgan fingerprint density at radius 1 is 1.00 bits per heavy atom. The van der Waals surface area contributed by atoms with Crippen LogP contribution in [-0.4, -0.2) is 41.2 Å². The van der Waals surface area contributed by atoms with Gasteiger partial charge in [0.25, 0.3) is 0 Å². The van der Waals surface area contributed by atoms with E-state index in [0.29, 0.717) is 6.54 Å². The molecule has 2 amide bonds. The first-order valence-corrected chi connectivity index (χ1v) is 8.07. The number of aryl methyl sites for hydroxylation is 1. The van der Waals surface area contributed by atoms with Crippen LogP contribution in [-0.2, 0) is 16.1 Å². The molecule has 1 rings (SSSR count). The molecule has 0 fully saturated rings. The third kappa shape index (κ3) is 5.51. The van der Waals surface area contributed by atoms with Crippen molar-refractivity contribution in [3.8, 4) is 0 Å². The molecule has 0 aliphatic heterocycles. The molecule has 0 saturated carbocycles. The van der Waals surface area contributed by atoms with Crippen LogP contribution in [0, 0.1) is 6.92 Å². The Morgan fingerprint density at radius 3 is 2.09 bits per heavy atom. The number of benzene rings is 1. The van der Waals surface area contributed by atoms with Gasteiger partial charge in [0.05, 0.1) is 0 Å². The average molecular weight is 304 g/mol. The van der Waals surface area contributed by atoms with Crippen molar-refractivity contribution in [3.63, 3.8) is 0 Å². The molecule has 0 saturated heterocycles. The second kappa shape index (κ2) is 9.23. The molecule has 1 aromatic rings. The van der Waals surface area contributed by atoms with Gasteiger partial charge in [0, 0.05) is 26.6 Å². The lowest BCUT2D eigenvalue weighted by atomic mass is 10.1. The van der Waals surface area contributed by atoms with E-state index >= 15 is 0 Å². The number of amides is 2. The molecular formula is C18H28N2O2.